The molecule has 1 amide bonds. The minimum Gasteiger partial charge on any atom is -0.298 e. The molecule has 1 aromatic heterocycles. The first-order valence-corrected chi connectivity index (χ1v) is 12.7. The molecular weight excluding hydrogens is 480 g/mol. The highest BCUT2D eigenvalue weighted by Gasteiger charge is 2.20. The molecule has 0 saturated carbocycles. The molecular formula is C24H19F2N3O3S2. The van der Waals surface area contributed by atoms with E-state index in [9.17, 15) is 22.0 Å². The quantitative estimate of drug-likeness (QED) is 0.385. The maximum absolute atomic E-state index is 14.7. The molecule has 0 aliphatic carbocycles. The smallest absolute Gasteiger partial charge is 0.260 e. The fourth-order valence-corrected chi connectivity index (χ4v) is 4.45. The number of halogens is 2. The lowest BCUT2D eigenvalue weighted by atomic mass is 10.0. The zero-order valence-corrected chi connectivity index (χ0v) is 19.8. The predicted octanol–water partition coefficient (Wildman–Crippen LogP) is 5.40. The lowest BCUT2D eigenvalue weighted by Crippen LogP contribution is -2.24. The van der Waals surface area contributed by atoms with E-state index in [0.717, 1.165) is 21.9 Å². The van der Waals surface area contributed by atoms with Crippen molar-refractivity contribution in [2.75, 3.05) is 22.9 Å². The Morgan fingerprint density at radius 3 is 2.26 bits per heavy atom. The number of nitrogens with one attached hydrogen (secondary N) is 1. The van der Waals surface area contributed by atoms with E-state index in [4.69, 9.17) is 0 Å². The minimum atomic E-state index is -3.38. The van der Waals surface area contributed by atoms with Crippen molar-refractivity contribution < 1.29 is 22.0 Å². The molecule has 0 spiro atoms. The summed E-state index contributed by atoms with van der Waals surface area (Å²) in [5.41, 5.74) is 1.88. The summed E-state index contributed by atoms with van der Waals surface area (Å²) in [4.78, 5) is 16.9. The van der Waals surface area contributed by atoms with Crippen LogP contribution in [0.5, 0.6) is 0 Å². The molecule has 6 nitrogen and oxygen atoms in total. The minimum absolute atomic E-state index is 0.0659. The predicted molar refractivity (Wildman–Crippen MR) is 131 cm³/mol. The number of hydrogen-bond acceptors (Lipinski definition) is 5. The average Bonchev–Trinajstić information content (AvgIpc) is 3.28. The fraction of sp³-hybridized carbons (Fsp3) is 0.0833. The van der Waals surface area contributed by atoms with E-state index in [-0.39, 0.29) is 10.7 Å². The first-order chi connectivity index (χ1) is 16.1. The second kappa shape index (κ2) is 9.32. The molecule has 4 aromatic rings. The van der Waals surface area contributed by atoms with Gasteiger partial charge < -0.3 is 0 Å². The molecule has 0 aliphatic rings. The van der Waals surface area contributed by atoms with Crippen LogP contribution in [0.4, 0.5) is 19.6 Å². The van der Waals surface area contributed by atoms with Crippen molar-refractivity contribution >= 4 is 38.1 Å². The monoisotopic (exact) mass is 499 g/mol. The number of rotatable bonds is 6. The van der Waals surface area contributed by atoms with Crippen molar-refractivity contribution in [2.45, 2.75) is 0 Å². The van der Waals surface area contributed by atoms with E-state index < -0.39 is 33.1 Å². The summed E-state index contributed by atoms with van der Waals surface area (Å²) < 4.78 is 53.8. The highest BCUT2D eigenvalue weighted by atomic mass is 32.2. The highest BCUT2D eigenvalue weighted by Crippen LogP contribution is 2.29. The summed E-state index contributed by atoms with van der Waals surface area (Å²) in [6.07, 6.45) is 1.11. The Balaban J connectivity index is 1.51. The molecule has 0 saturated heterocycles. The Bertz CT molecular complexity index is 1450. The third-order valence-electron chi connectivity index (χ3n) is 5.16. The van der Waals surface area contributed by atoms with Crippen LogP contribution in [0.1, 0.15) is 10.4 Å². The molecule has 0 bridgehead atoms. The van der Waals surface area contributed by atoms with E-state index in [1.807, 2.05) is 0 Å². The lowest BCUT2D eigenvalue weighted by Gasteiger charge is -2.16. The zero-order valence-electron chi connectivity index (χ0n) is 18.1. The molecule has 10 heteroatoms. The van der Waals surface area contributed by atoms with Gasteiger partial charge in [-0.05, 0) is 23.8 Å². The number of carbonyl (C=O) groups is 1. The summed E-state index contributed by atoms with van der Waals surface area (Å²) in [5, 5.41) is 4.41. The number of carbonyl (C=O) groups excluding carboxylic acids is 1. The topological polar surface area (TPSA) is 79.4 Å². The molecule has 1 heterocycles. The van der Waals surface area contributed by atoms with Crippen molar-refractivity contribution in [3.63, 3.8) is 0 Å². The van der Waals surface area contributed by atoms with Gasteiger partial charge in [-0.1, -0.05) is 48.5 Å². The normalized spacial score (nSPS) is 11.3. The third-order valence-corrected chi connectivity index (χ3v) is 7.12. The van der Waals surface area contributed by atoms with Crippen LogP contribution < -0.4 is 9.62 Å². The van der Waals surface area contributed by atoms with Gasteiger partial charge in [0.1, 0.15) is 0 Å². The molecule has 0 aliphatic heterocycles. The van der Waals surface area contributed by atoms with Gasteiger partial charge in [-0.2, -0.15) is 0 Å². The van der Waals surface area contributed by atoms with Crippen molar-refractivity contribution in [1.29, 1.82) is 0 Å². The average molecular weight is 500 g/mol. The molecule has 0 radical (unpaired) electrons. The SMILES string of the molecule is CN(c1ccc(-c2csc(NC(=O)c3ccc(-c4ccccc4)c(F)c3F)n2)cc1)S(C)(=O)=O. The number of hydrogen-bond donors (Lipinski definition) is 1. The Kier molecular flexibility index (Phi) is 6.45. The summed E-state index contributed by atoms with van der Waals surface area (Å²) in [6, 6.07) is 17.8. The molecule has 3 aromatic carbocycles. The van der Waals surface area contributed by atoms with Crippen LogP contribution in [0.2, 0.25) is 0 Å². The summed E-state index contributed by atoms with van der Waals surface area (Å²) >= 11 is 1.13. The number of benzene rings is 3. The van der Waals surface area contributed by atoms with Crippen molar-refractivity contribution in [1.82, 2.24) is 4.98 Å². The largest absolute Gasteiger partial charge is 0.298 e. The summed E-state index contributed by atoms with van der Waals surface area (Å²) in [5.74, 6) is -3.15. The molecule has 34 heavy (non-hydrogen) atoms. The Morgan fingerprint density at radius 2 is 1.62 bits per heavy atom. The maximum atomic E-state index is 14.7. The number of sulfonamides is 1. The van der Waals surface area contributed by atoms with Crippen LogP contribution in [0.3, 0.4) is 0 Å². The van der Waals surface area contributed by atoms with E-state index in [1.165, 1.54) is 19.2 Å². The van der Waals surface area contributed by atoms with Crippen LogP contribution in [-0.2, 0) is 10.0 Å². The molecule has 4 rings (SSSR count). The Labute approximate surface area is 199 Å². The first kappa shape index (κ1) is 23.5. The number of anilines is 2. The van der Waals surface area contributed by atoms with Gasteiger partial charge in [0.2, 0.25) is 10.0 Å². The van der Waals surface area contributed by atoms with Crippen molar-refractivity contribution in [2.24, 2.45) is 0 Å². The Morgan fingerprint density at radius 1 is 0.941 bits per heavy atom. The number of nitrogens with zero attached hydrogens (tertiary/aromatic N) is 2. The van der Waals surface area contributed by atoms with Gasteiger partial charge in [0.05, 0.1) is 23.2 Å². The van der Waals surface area contributed by atoms with E-state index in [2.05, 4.69) is 10.3 Å². The fourth-order valence-electron chi connectivity index (χ4n) is 3.23. The molecule has 0 fully saturated rings. The third kappa shape index (κ3) is 4.82. The van der Waals surface area contributed by atoms with Gasteiger partial charge in [-0.3, -0.25) is 14.4 Å². The maximum Gasteiger partial charge on any atom is 0.260 e. The van der Waals surface area contributed by atoms with Crippen LogP contribution in [0.25, 0.3) is 22.4 Å². The lowest BCUT2D eigenvalue weighted by molar-refractivity contribution is 0.102. The summed E-state index contributed by atoms with van der Waals surface area (Å²) in [6.45, 7) is 0. The van der Waals surface area contributed by atoms with Gasteiger partial charge in [0.25, 0.3) is 5.91 Å². The zero-order chi connectivity index (χ0) is 24.5. The van der Waals surface area contributed by atoms with Crippen molar-refractivity contribution in [3.8, 4) is 22.4 Å². The molecule has 1 N–H and O–H groups in total. The Hall–Kier alpha value is -3.63. The summed E-state index contributed by atoms with van der Waals surface area (Å²) in [7, 11) is -1.93. The first-order valence-electron chi connectivity index (χ1n) is 10.00. The highest BCUT2D eigenvalue weighted by molar-refractivity contribution is 7.92. The number of aromatic nitrogens is 1. The van der Waals surface area contributed by atoms with Crippen LogP contribution >= 0.6 is 11.3 Å². The van der Waals surface area contributed by atoms with E-state index in [1.54, 1.807) is 60.0 Å². The number of amides is 1. The van der Waals surface area contributed by atoms with Crippen LogP contribution in [-0.4, -0.2) is 32.6 Å². The number of thiazole rings is 1. The van der Waals surface area contributed by atoms with E-state index in [0.29, 0.717) is 22.5 Å². The van der Waals surface area contributed by atoms with E-state index >= 15 is 0 Å². The molecule has 174 valence electrons. The van der Waals surface area contributed by atoms with Gasteiger partial charge >= 0.3 is 0 Å². The van der Waals surface area contributed by atoms with Crippen LogP contribution in [0.15, 0.2) is 72.1 Å². The van der Waals surface area contributed by atoms with Gasteiger partial charge in [-0.15, -0.1) is 11.3 Å². The van der Waals surface area contributed by atoms with Crippen LogP contribution in [0, 0.1) is 11.6 Å². The van der Waals surface area contributed by atoms with Gasteiger partial charge in [0, 0.05) is 23.6 Å². The molecule has 0 atom stereocenters. The second-order valence-electron chi connectivity index (χ2n) is 7.42. The van der Waals surface area contributed by atoms with Gasteiger partial charge in [0.15, 0.2) is 16.8 Å². The standard InChI is InChI=1S/C24H19F2N3O3S2/c1-29(34(2,31)32)17-10-8-16(9-11-17)20-14-33-24(27-20)28-23(30)19-13-12-18(21(25)22(19)26)15-6-4-3-5-7-15/h3-14H,1-2H3,(H,27,28,30). The van der Waals surface area contributed by atoms with Crippen molar-refractivity contribution in [3.05, 3.63) is 89.3 Å². The molecule has 0 unspecified atom stereocenters. The van der Waals surface area contributed by atoms with Gasteiger partial charge in [-0.25, -0.2) is 22.2 Å². The second-order valence-corrected chi connectivity index (χ2v) is 10.3.